The van der Waals surface area contributed by atoms with Crippen LogP contribution in [-0.2, 0) is 4.74 Å². The SMILES string of the molecule is CCNC(CC(C)CC(C)(C)C)C1CCCOC1. The molecule has 0 aromatic carbocycles. The van der Waals surface area contributed by atoms with E-state index in [4.69, 9.17) is 4.74 Å². The Morgan fingerprint density at radius 1 is 1.33 bits per heavy atom. The highest BCUT2D eigenvalue weighted by Gasteiger charge is 2.26. The first-order chi connectivity index (χ1) is 8.42. The first kappa shape index (κ1) is 16.0. The Hall–Kier alpha value is -0.0800. The Balaban J connectivity index is 2.45. The van der Waals surface area contributed by atoms with Gasteiger partial charge in [0.2, 0.25) is 0 Å². The third kappa shape index (κ3) is 6.19. The molecule has 0 spiro atoms. The van der Waals surface area contributed by atoms with Gasteiger partial charge in [0, 0.05) is 12.6 Å². The van der Waals surface area contributed by atoms with Crippen molar-refractivity contribution < 1.29 is 4.74 Å². The van der Waals surface area contributed by atoms with Crippen LogP contribution in [0.1, 0.15) is 60.3 Å². The molecular weight excluding hydrogens is 222 g/mol. The third-order valence-electron chi connectivity index (χ3n) is 3.85. The van der Waals surface area contributed by atoms with Crippen molar-refractivity contribution in [2.45, 2.75) is 66.3 Å². The Morgan fingerprint density at radius 3 is 2.56 bits per heavy atom. The standard InChI is InChI=1S/C16H33NO/c1-6-17-15(14-8-7-9-18-12-14)10-13(2)11-16(3,4)5/h13-15,17H,6-12H2,1-5H3. The van der Waals surface area contributed by atoms with Gasteiger partial charge in [-0.3, -0.25) is 0 Å². The molecule has 0 bridgehead atoms. The Bertz CT molecular complexity index is 216. The lowest BCUT2D eigenvalue weighted by Gasteiger charge is -2.34. The number of hydrogen-bond acceptors (Lipinski definition) is 2. The smallest absolute Gasteiger partial charge is 0.0509 e. The van der Waals surface area contributed by atoms with Crippen LogP contribution in [0.2, 0.25) is 0 Å². The van der Waals surface area contributed by atoms with Gasteiger partial charge < -0.3 is 10.1 Å². The van der Waals surface area contributed by atoms with Crippen molar-refractivity contribution in [2.24, 2.45) is 17.3 Å². The van der Waals surface area contributed by atoms with E-state index in [0.717, 1.165) is 31.6 Å². The first-order valence-electron chi connectivity index (χ1n) is 7.73. The predicted octanol–water partition coefficient (Wildman–Crippen LogP) is 3.85. The summed E-state index contributed by atoms with van der Waals surface area (Å²) in [6.45, 7) is 14.6. The lowest BCUT2D eigenvalue weighted by molar-refractivity contribution is 0.0348. The second kappa shape index (κ2) is 7.49. The van der Waals surface area contributed by atoms with Gasteiger partial charge in [-0.1, -0.05) is 34.6 Å². The molecule has 3 atom stereocenters. The highest BCUT2D eigenvalue weighted by atomic mass is 16.5. The lowest BCUT2D eigenvalue weighted by atomic mass is 9.80. The van der Waals surface area contributed by atoms with Crippen molar-refractivity contribution in [1.82, 2.24) is 5.32 Å². The average molecular weight is 255 g/mol. The molecule has 1 aliphatic rings. The molecule has 108 valence electrons. The van der Waals surface area contributed by atoms with Crippen molar-refractivity contribution in [2.75, 3.05) is 19.8 Å². The van der Waals surface area contributed by atoms with E-state index in [2.05, 4.69) is 39.9 Å². The van der Waals surface area contributed by atoms with Gasteiger partial charge in [0.1, 0.15) is 0 Å². The van der Waals surface area contributed by atoms with Gasteiger partial charge >= 0.3 is 0 Å². The summed E-state index contributed by atoms with van der Waals surface area (Å²) in [5, 5.41) is 3.69. The van der Waals surface area contributed by atoms with Crippen LogP contribution in [0.3, 0.4) is 0 Å². The largest absolute Gasteiger partial charge is 0.381 e. The normalized spacial score (nSPS) is 24.8. The molecule has 1 fully saturated rings. The highest BCUT2D eigenvalue weighted by molar-refractivity contribution is 4.81. The van der Waals surface area contributed by atoms with Crippen LogP contribution >= 0.6 is 0 Å². The number of hydrogen-bond donors (Lipinski definition) is 1. The Morgan fingerprint density at radius 2 is 2.06 bits per heavy atom. The highest BCUT2D eigenvalue weighted by Crippen LogP contribution is 2.29. The maximum absolute atomic E-state index is 5.65. The molecule has 1 saturated heterocycles. The number of rotatable bonds is 6. The first-order valence-corrected chi connectivity index (χ1v) is 7.73. The molecule has 2 heteroatoms. The summed E-state index contributed by atoms with van der Waals surface area (Å²) in [6, 6.07) is 0.646. The molecule has 2 nitrogen and oxygen atoms in total. The molecule has 18 heavy (non-hydrogen) atoms. The maximum Gasteiger partial charge on any atom is 0.0509 e. The van der Waals surface area contributed by atoms with E-state index in [1.54, 1.807) is 0 Å². The van der Waals surface area contributed by atoms with E-state index >= 15 is 0 Å². The van der Waals surface area contributed by atoms with E-state index in [0.29, 0.717) is 11.5 Å². The van der Waals surface area contributed by atoms with E-state index < -0.39 is 0 Å². The molecule has 1 N–H and O–H groups in total. The predicted molar refractivity (Wildman–Crippen MR) is 78.9 cm³/mol. The summed E-state index contributed by atoms with van der Waals surface area (Å²) < 4.78 is 5.65. The van der Waals surface area contributed by atoms with Crippen molar-refractivity contribution in [3.05, 3.63) is 0 Å². The summed E-state index contributed by atoms with van der Waals surface area (Å²) in [7, 11) is 0. The van der Waals surface area contributed by atoms with E-state index in [1.165, 1.54) is 25.7 Å². The fraction of sp³-hybridized carbons (Fsp3) is 1.00. The molecule has 1 heterocycles. The van der Waals surface area contributed by atoms with Crippen LogP contribution < -0.4 is 5.32 Å². The quantitative estimate of drug-likeness (QED) is 0.778. The van der Waals surface area contributed by atoms with Gasteiger partial charge in [-0.15, -0.1) is 0 Å². The minimum atomic E-state index is 0.444. The summed E-state index contributed by atoms with van der Waals surface area (Å²) in [5.74, 6) is 1.51. The summed E-state index contributed by atoms with van der Waals surface area (Å²) in [4.78, 5) is 0. The average Bonchev–Trinajstić information content (AvgIpc) is 2.27. The van der Waals surface area contributed by atoms with Gasteiger partial charge in [0.15, 0.2) is 0 Å². The zero-order valence-corrected chi connectivity index (χ0v) is 13.1. The van der Waals surface area contributed by atoms with Crippen molar-refractivity contribution in [3.63, 3.8) is 0 Å². The summed E-state index contributed by atoms with van der Waals surface area (Å²) >= 11 is 0. The van der Waals surface area contributed by atoms with E-state index in [1.807, 2.05) is 0 Å². The molecule has 0 aromatic rings. The lowest BCUT2D eigenvalue weighted by Crippen LogP contribution is -2.41. The van der Waals surface area contributed by atoms with Crippen LogP contribution in [0.4, 0.5) is 0 Å². The van der Waals surface area contributed by atoms with Gasteiger partial charge in [0.05, 0.1) is 6.61 Å². The molecule has 1 rings (SSSR count). The fourth-order valence-electron chi connectivity index (χ4n) is 3.35. The minimum Gasteiger partial charge on any atom is -0.381 e. The summed E-state index contributed by atoms with van der Waals surface area (Å²) in [5.41, 5.74) is 0.444. The molecule has 0 aromatic heterocycles. The monoisotopic (exact) mass is 255 g/mol. The zero-order valence-electron chi connectivity index (χ0n) is 13.1. The van der Waals surface area contributed by atoms with Crippen LogP contribution in [0.15, 0.2) is 0 Å². The molecule has 1 aliphatic heterocycles. The Kier molecular flexibility index (Phi) is 6.65. The van der Waals surface area contributed by atoms with Crippen molar-refractivity contribution in [3.8, 4) is 0 Å². The van der Waals surface area contributed by atoms with Crippen LogP contribution in [-0.4, -0.2) is 25.8 Å². The maximum atomic E-state index is 5.65. The van der Waals surface area contributed by atoms with Crippen LogP contribution in [0.25, 0.3) is 0 Å². The van der Waals surface area contributed by atoms with Gasteiger partial charge in [-0.05, 0) is 49.5 Å². The Labute approximate surface area is 114 Å². The molecule has 0 radical (unpaired) electrons. The van der Waals surface area contributed by atoms with E-state index in [9.17, 15) is 0 Å². The van der Waals surface area contributed by atoms with Gasteiger partial charge in [0.25, 0.3) is 0 Å². The van der Waals surface area contributed by atoms with Gasteiger partial charge in [-0.2, -0.15) is 0 Å². The topological polar surface area (TPSA) is 21.3 Å². The molecule has 3 unspecified atom stereocenters. The van der Waals surface area contributed by atoms with E-state index in [-0.39, 0.29) is 0 Å². The zero-order chi connectivity index (χ0) is 13.6. The molecule has 0 saturated carbocycles. The van der Waals surface area contributed by atoms with Crippen LogP contribution in [0, 0.1) is 17.3 Å². The third-order valence-corrected chi connectivity index (χ3v) is 3.85. The van der Waals surface area contributed by atoms with Gasteiger partial charge in [-0.25, -0.2) is 0 Å². The minimum absolute atomic E-state index is 0.444. The second-order valence-corrected chi connectivity index (χ2v) is 7.25. The fourth-order valence-corrected chi connectivity index (χ4v) is 3.35. The second-order valence-electron chi connectivity index (χ2n) is 7.25. The molecule has 0 aliphatic carbocycles. The molecule has 0 amide bonds. The van der Waals surface area contributed by atoms with Crippen LogP contribution in [0.5, 0.6) is 0 Å². The van der Waals surface area contributed by atoms with Crippen molar-refractivity contribution >= 4 is 0 Å². The number of ether oxygens (including phenoxy) is 1. The number of nitrogens with one attached hydrogen (secondary N) is 1. The summed E-state index contributed by atoms with van der Waals surface area (Å²) in [6.07, 6.45) is 5.17. The molecular formula is C16H33NO. The van der Waals surface area contributed by atoms with Crippen molar-refractivity contribution in [1.29, 1.82) is 0 Å².